The molecule has 0 saturated carbocycles. The van der Waals surface area contributed by atoms with E-state index in [4.69, 9.17) is 9.47 Å². The topological polar surface area (TPSA) is 104 Å². The third kappa shape index (κ3) is 5.33. The zero-order valence-electron chi connectivity index (χ0n) is 26.6. The summed E-state index contributed by atoms with van der Waals surface area (Å²) < 4.78 is 14.5. The number of hydrogen-bond acceptors (Lipinski definition) is 7. The largest absolute Gasteiger partial charge is 0.425 e. The molecule has 2 aromatic heterocycles. The minimum atomic E-state index is -0.874. The van der Waals surface area contributed by atoms with Gasteiger partial charge in [-0.05, 0) is 53.8 Å². The van der Waals surface area contributed by atoms with Crippen molar-refractivity contribution in [3.05, 3.63) is 170 Å². The number of ether oxygens (including phenoxy) is 2. The fourth-order valence-electron chi connectivity index (χ4n) is 6.65. The van der Waals surface area contributed by atoms with Crippen molar-refractivity contribution >= 4 is 16.9 Å². The summed E-state index contributed by atoms with van der Waals surface area (Å²) in [7, 11) is 1.61. The van der Waals surface area contributed by atoms with E-state index in [1.807, 2.05) is 91.0 Å². The van der Waals surface area contributed by atoms with Crippen LogP contribution in [-0.2, 0) is 35.1 Å². The van der Waals surface area contributed by atoms with Crippen molar-refractivity contribution in [1.82, 2.24) is 19.4 Å². The second-order valence-electron chi connectivity index (χ2n) is 11.9. The Morgan fingerprint density at radius 1 is 0.854 bits per heavy atom. The fraction of sp³-hybridized carbons (Fsp3) is 0.179. The molecule has 0 fully saturated rings. The molecule has 1 N–H and O–H groups in total. The van der Waals surface area contributed by atoms with Crippen LogP contribution in [0.5, 0.6) is 5.75 Å². The van der Waals surface area contributed by atoms with Crippen molar-refractivity contribution < 1.29 is 14.3 Å². The first kappa shape index (κ1) is 31.0. The average molecular weight is 639 g/mol. The van der Waals surface area contributed by atoms with Crippen molar-refractivity contribution in [2.24, 2.45) is 7.05 Å². The predicted molar refractivity (Wildman–Crippen MR) is 183 cm³/mol. The van der Waals surface area contributed by atoms with E-state index in [-0.39, 0.29) is 6.61 Å². The van der Waals surface area contributed by atoms with Gasteiger partial charge in [0, 0.05) is 18.8 Å². The fourth-order valence-corrected chi connectivity index (χ4v) is 6.65. The van der Waals surface area contributed by atoms with Gasteiger partial charge in [-0.3, -0.25) is 19.7 Å². The average Bonchev–Trinajstić information content (AvgIpc) is 3.14. The lowest BCUT2D eigenvalue weighted by Crippen LogP contribution is -2.52. The van der Waals surface area contributed by atoms with E-state index in [0.29, 0.717) is 40.9 Å². The van der Waals surface area contributed by atoms with Gasteiger partial charge in [-0.15, -0.1) is 0 Å². The Bertz CT molecular complexity index is 2130. The van der Waals surface area contributed by atoms with Crippen LogP contribution in [0, 0.1) is 0 Å². The number of nitrogens with one attached hydrogen (secondary N) is 1. The number of esters is 1. The van der Waals surface area contributed by atoms with E-state index in [2.05, 4.69) is 10.3 Å². The highest BCUT2D eigenvalue weighted by atomic mass is 16.5. The van der Waals surface area contributed by atoms with Gasteiger partial charge < -0.3 is 9.47 Å². The van der Waals surface area contributed by atoms with Crippen LogP contribution < -0.4 is 21.3 Å². The van der Waals surface area contributed by atoms with Crippen molar-refractivity contribution in [3.8, 4) is 11.4 Å². The Hall–Kier alpha value is -5.64. The quantitative estimate of drug-likeness (QED) is 0.142. The summed E-state index contributed by atoms with van der Waals surface area (Å²) in [6.07, 6.45) is 3.47. The van der Waals surface area contributed by atoms with Crippen LogP contribution in [0.15, 0.2) is 131 Å². The number of pyridine rings is 1. The van der Waals surface area contributed by atoms with E-state index in [1.54, 1.807) is 32.2 Å². The third-order valence-corrected chi connectivity index (χ3v) is 9.04. The number of aryl methyl sites for hydroxylation is 1. The van der Waals surface area contributed by atoms with Crippen LogP contribution in [-0.4, -0.2) is 32.7 Å². The molecule has 0 saturated heterocycles. The minimum absolute atomic E-state index is 0.169. The molecule has 240 valence electrons. The zero-order valence-corrected chi connectivity index (χ0v) is 26.6. The number of aromatic nitrogens is 3. The molecule has 1 aliphatic heterocycles. The van der Waals surface area contributed by atoms with Gasteiger partial charge in [-0.2, -0.15) is 0 Å². The predicted octanol–water partition coefficient (Wildman–Crippen LogP) is 5.03. The molecule has 7 rings (SSSR count). The van der Waals surface area contributed by atoms with Gasteiger partial charge in [-0.1, -0.05) is 91.0 Å². The number of nitrogens with zero attached hydrogens (tertiary/aromatic N) is 3. The van der Waals surface area contributed by atoms with E-state index in [0.717, 1.165) is 22.3 Å². The summed E-state index contributed by atoms with van der Waals surface area (Å²) in [6, 6.07) is 34.2. The summed E-state index contributed by atoms with van der Waals surface area (Å²) >= 11 is 0. The summed E-state index contributed by atoms with van der Waals surface area (Å²) in [5, 5.41) is 4.03. The second kappa shape index (κ2) is 12.9. The minimum Gasteiger partial charge on any atom is -0.425 e. The van der Waals surface area contributed by atoms with Crippen molar-refractivity contribution in [2.45, 2.75) is 31.5 Å². The first-order valence-corrected chi connectivity index (χ1v) is 15.8. The summed E-state index contributed by atoms with van der Waals surface area (Å²) in [5.41, 5.74) is 3.35. The van der Waals surface area contributed by atoms with Gasteiger partial charge in [-0.25, -0.2) is 14.2 Å². The van der Waals surface area contributed by atoms with Gasteiger partial charge in [0.15, 0.2) is 0 Å². The molecule has 6 aromatic rings. The molecule has 1 atom stereocenters. The Morgan fingerprint density at radius 2 is 1.46 bits per heavy atom. The van der Waals surface area contributed by atoms with Crippen LogP contribution in [0.1, 0.15) is 34.7 Å². The molecule has 0 aliphatic carbocycles. The highest BCUT2D eigenvalue weighted by molar-refractivity contribution is 5.79. The molecule has 48 heavy (non-hydrogen) atoms. The van der Waals surface area contributed by atoms with Crippen LogP contribution in [0.4, 0.5) is 0 Å². The lowest BCUT2D eigenvalue weighted by Gasteiger charge is -2.39. The molecule has 0 amide bonds. The summed E-state index contributed by atoms with van der Waals surface area (Å²) in [5.74, 6) is -0.166. The molecular weight excluding hydrogens is 604 g/mol. The van der Waals surface area contributed by atoms with Crippen LogP contribution >= 0.6 is 0 Å². The zero-order chi connectivity index (χ0) is 33.3. The Balaban J connectivity index is 1.27. The highest BCUT2D eigenvalue weighted by Gasteiger charge is 2.39. The lowest BCUT2D eigenvalue weighted by molar-refractivity contribution is -0.136. The first-order chi connectivity index (χ1) is 23.4. The monoisotopic (exact) mass is 638 g/mol. The second-order valence-corrected chi connectivity index (χ2v) is 11.9. The van der Waals surface area contributed by atoms with Crippen LogP contribution in [0.25, 0.3) is 16.6 Å². The number of fused-ring (bicyclic) bond motifs is 2. The summed E-state index contributed by atoms with van der Waals surface area (Å²) in [6.45, 7) is 2.36. The van der Waals surface area contributed by atoms with E-state index >= 15 is 0 Å². The lowest BCUT2D eigenvalue weighted by atomic mass is 9.76. The first-order valence-electron chi connectivity index (χ1n) is 15.8. The Labute approximate surface area is 277 Å². The highest BCUT2D eigenvalue weighted by Crippen LogP contribution is 2.38. The standard InChI is InChI=1S/C39H34N4O5/c1-26(41-39(27-12-6-3-7-13-27,28-14-8-4-9-15-28)29-16-10-5-11-17-29)37(45)48-35-19-18-33(30-21-23-47-25-32(30)35)43-36(44)31-20-22-40-24-34(31)42(2)38(43)46/h3-20,22,24,26,41H,21,23,25H2,1-2H3/t26-/m0/s1. The number of hydrogen-bond donors (Lipinski definition) is 1. The molecule has 3 heterocycles. The van der Waals surface area contributed by atoms with Crippen molar-refractivity contribution in [3.63, 3.8) is 0 Å². The molecule has 4 aromatic carbocycles. The molecular formula is C39H34N4O5. The Kier molecular flexibility index (Phi) is 8.31. The third-order valence-electron chi connectivity index (χ3n) is 9.04. The number of carbonyl (C=O) groups is 1. The van der Waals surface area contributed by atoms with Gasteiger partial charge in [0.25, 0.3) is 5.56 Å². The summed E-state index contributed by atoms with van der Waals surface area (Å²) in [4.78, 5) is 45.2. The maximum Gasteiger partial charge on any atom is 0.335 e. The maximum absolute atomic E-state index is 14.0. The SMILES string of the molecule is C[C@H](NC(c1ccccc1)(c1ccccc1)c1ccccc1)C(=O)Oc1ccc(-n2c(=O)c3ccncc3n(C)c2=O)c2c1COCC2. The number of benzene rings is 4. The molecule has 0 unspecified atom stereocenters. The van der Waals surface area contributed by atoms with E-state index in [9.17, 15) is 14.4 Å². The van der Waals surface area contributed by atoms with Gasteiger partial charge in [0.2, 0.25) is 0 Å². The van der Waals surface area contributed by atoms with Crippen LogP contribution in [0.2, 0.25) is 0 Å². The number of carbonyl (C=O) groups excluding carboxylic acids is 1. The van der Waals surface area contributed by atoms with Gasteiger partial charge >= 0.3 is 11.7 Å². The Morgan fingerprint density at radius 3 is 2.06 bits per heavy atom. The molecule has 1 aliphatic rings. The molecule has 0 bridgehead atoms. The van der Waals surface area contributed by atoms with E-state index in [1.165, 1.54) is 21.5 Å². The molecule has 0 spiro atoms. The molecule has 9 nitrogen and oxygen atoms in total. The smallest absolute Gasteiger partial charge is 0.335 e. The van der Waals surface area contributed by atoms with Gasteiger partial charge in [0.05, 0.1) is 41.5 Å². The van der Waals surface area contributed by atoms with Gasteiger partial charge in [0.1, 0.15) is 11.8 Å². The maximum atomic E-state index is 14.0. The molecule has 9 heteroatoms. The van der Waals surface area contributed by atoms with Crippen molar-refractivity contribution in [1.29, 1.82) is 0 Å². The van der Waals surface area contributed by atoms with E-state index < -0.39 is 28.8 Å². The normalized spacial score (nSPS) is 13.5. The molecule has 0 radical (unpaired) electrons. The number of rotatable bonds is 8. The van der Waals surface area contributed by atoms with Crippen LogP contribution in [0.3, 0.4) is 0 Å². The van der Waals surface area contributed by atoms with Crippen molar-refractivity contribution in [2.75, 3.05) is 6.61 Å².